The van der Waals surface area contributed by atoms with Gasteiger partial charge < -0.3 is 5.32 Å². The average molecular weight is 298 g/mol. The predicted octanol–water partition coefficient (Wildman–Crippen LogP) is -0.0323. The van der Waals surface area contributed by atoms with E-state index in [0.717, 1.165) is 11.4 Å². The molecule has 0 bridgehead atoms. The Morgan fingerprint density at radius 3 is 2.77 bits per heavy atom. The molecule has 3 rings (SSSR count). The molecular weight excluding hydrogens is 284 g/mol. The number of H-pyrrole nitrogens is 1. The number of nitrogens with one attached hydrogen (secondary N) is 2. The van der Waals surface area contributed by atoms with Gasteiger partial charge in [0.05, 0.1) is 0 Å². The molecule has 9 nitrogen and oxygen atoms in total. The zero-order chi connectivity index (χ0) is 15.4. The van der Waals surface area contributed by atoms with E-state index in [9.17, 15) is 4.79 Å². The van der Waals surface area contributed by atoms with Gasteiger partial charge in [-0.25, -0.2) is 9.67 Å². The predicted molar refractivity (Wildman–Crippen MR) is 76.7 cm³/mol. The summed E-state index contributed by atoms with van der Waals surface area (Å²) in [5, 5.41) is 20.5. The summed E-state index contributed by atoms with van der Waals surface area (Å²) in [5.74, 6) is 1.25. The van der Waals surface area contributed by atoms with E-state index in [4.69, 9.17) is 0 Å². The normalized spacial score (nSPS) is 10.6. The van der Waals surface area contributed by atoms with Crippen molar-refractivity contribution in [3.8, 4) is 11.4 Å². The van der Waals surface area contributed by atoms with Gasteiger partial charge in [-0.1, -0.05) is 12.1 Å². The van der Waals surface area contributed by atoms with Crippen molar-refractivity contribution in [2.75, 3.05) is 6.54 Å². The third kappa shape index (κ3) is 2.97. The van der Waals surface area contributed by atoms with Crippen LogP contribution in [0.25, 0.3) is 11.4 Å². The molecule has 9 heteroatoms. The van der Waals surface area contributed by atoms with E-state index in [2.05, 4.69) is 36.0 Å². The van der Waals surface area contributed by atoms with E-state index >= 15 is 0 Å². The van der Waals surface area contributed by atoms with Gasteiger partial charge in [-0.15, -0.1) is 5.10 Å². The van der Waals surface area contributed by atoms with Gasteiger partial charge in [0.1, 0.15) is 6.33 Å². The van der Waals surface area contributed by atoms with Crippen LogP contribution in [-0.4, -0.2) is 47.8 Å². The maximum atomic E-state index is 12.1. The summed E-state index contributed by atoms with van der Waals surface area (Å²) in [6.45, 7) is 0.469. The van der Waals surface area contributed by atoms with E-state index in [1.54, 1.807) is 23.9 Å². The van der Waals surface area contributed by atoms with E-state index in [0.29, 0.717) is 24.4 Å². The summed E-state index contributed by atoms with van der Waals surface area (Å²) >= 11 is 0. The summed E-state index contributed by atoms with van der Waals surface area (Å²) in [7, 11) is 1.76. The number of hydrogen-bond acceptors (Lipinski definition) is 6. The number of carbonyl (C=O) groups excluding carboxylic acids is 1. The summed E-state index contributed by atoms with van der Waals surface area (Å²) in [6, 6.07) is 7.14. The van der Waals surface area contributed by atoms with Gasteiger partial charge in [0.25, 0.3) is 5.91 Å². The number of hydrogen-bond donors (Lipinski definition) is 2. The molecular formula is C13H14N8O. The second-order valence-electron chi connectivity index (χ2n) is 4.64. The molecule has 0 atom stereocenters. The van der Waals surface area contributed by atoms with Crippen LogP contribution in [0.15, 0.2) is 30.6 Å². The van der Waals surface area contributed by atoms with E-state index in [1.165, 1.54) is 6.33 Å². The van der Waals surface area contributed by atoms with E-state index in [-0.39, 0.29) is 5.91 Å². The second kappa shape index (κ2) is 6.12. The Balaban J connectivity index is 1.57. The average Bonchev–Trinajstić information content (AvgIpc) is 3.20. The Bertz CT molecular complexity index is 747. The summed E-state index contributed by atoms with van der Waals surface area (Å²) in [4.78, 5) is 16.1. The smallest absolute Gasteiger partial charge is 0.251 e. The number of rotatable bonds is 5. The van der Waals surface area contributed by atoms with Crippen LogP contribution in [0.2, 0.25) is 0 Å². The first-order valence-corrected chi connectivity index (χ1v) is 6.69. The molecule has 1 aromatic carbocycles. The van der Waals surface area contributed by atoms with Crippen molar-refractivity contribution in [3.05, 3.63) is 42.0 Å². The highest BCUT2D eigenvalue weighted by Gasteiger charge is 2.08. The Hall–Kier alpha value is -3.10. The van der Waals surface area contributed by atoms with Crippen molar-refractivity contribution in [3.63, 3.8) is 0 Å². The summed E-state index contributed by atoms with van der Waals surface area (Å²) in [6.07, 6.45) is 2.02. The van der Waals surface area contributed by atoms with E-state index in [1.807, 2.05) is 12.1 Å². The van der Waals surface area contributed by atoms with Gasteiger partial charge in [0, 0.05) is 31.1 Å². The topological polar surface area (TPSA) is 114 Å². The number of tetrazole rings is 1. The molecule has 22 heavy (non-hydrogen) atoms. The number of benzene rings is 1. The standard InChI is InChI=1S/C13H14N8O/c1-21-11(17-19-20-21)6-7-14-13(22)10-4-2-9(3-5-10)12-15-8-16-18-12/h2-5,8H,6-7H2,1H3,(H,14,22)(H,15,16,18). The van der Waals surface area contributed by atoms with E-state index < -0.39 is 0 Å². The molecule has 1 amide bonds. The summed E-state index contributed by atoms with van der Waals surface area (Å²) < 4.78 is 1.58. The molecule has 112 valence electrons. The van der Waals surface area contributed by atoms with Crippen molar-refractivity contribution in [2.45, 2.75) is 6.42 Å². The molecule has 0 radical (unpaired) electrons. The molecule has 0 aliphatic rings. The molecule has 2 heterocycles. The highest BCUT2D eigenvalue weighted by Crippen LogP contribution is 2.14. The molecule has 0 spiro atoms. The number of nitrogens with zero attached hydrogens (tertiary/aromatic N) is 6. The van der Waals surface area contributed by atoms with Gasteiger partial charge in [-0.3, -0.25) is 9.89 Å². The fraction of sp³-hybridized carbons (Fsp3) is 0.231. The Morgan fingerprint density at radius 2 is 2.14 bits per heavy atom. The fourth-order valence-electron chi connectivity index (χ4n) is 1.97. The number of aryl methyl sites for hydroxylation is 1. The van der Waals surface area contributed by atoms with Crippen LogP contribution in [-0.2, 0) is 13.5 Å². The maximum absolute atomic E-state index is 12.1. The quantitative estimate of drug-likeness (QED) is 0.683. The van der Waals surface area contributed by atoms with Gasteiger partial charge in [0.15, 0.2) is 11.6 Å². The van der Waals surface area contributed by atoms with Gasteiger partial charge >= 0.3 is 0 Å². The van der Waals surface area contributed by atoms with Gasteiger partial charge in [-0.2, -0.15) is 5.10 Å². The van der Waals surface area contributed by atoms with Crippen molar-refractivity contribution in [2.24, 2.45) is 7.05 Å². The number of aromatic amines is 1. The number of aromatic nitrogens is 7. The molecule has 0 aliphatic heterocycles. The second-order valence-corrected chi connectivity index (χ2v) is 4.64. The Labute approximate surface area is 125 Å². The highest BCUT2D eigenvalue weighted by atomic mass is 16.1. The van der Waals surface area contributed by atoms with Crippen LogP contribution >= 0.6 is 0 Å². The van der Waals surface area contributed by atoms with Crippen LogP contribution in [0.4, 0.5) is 0 Å². The van der Waals surface area contributed by atoms with Crippen molar-refractivity contribution >= 4 is 5.91 Å². The minimum absolute atomic E-state index is 0.140. The van der Waals surface area contributed by atoms with Crippen LogP contribution in [0.3, 0.4) is 0 Å². The lowest BCUT2D eigenvalue weighted by molar-refractivity contribution is 0.0954. The first-order chi connectivity index (χ1) is 10.7. The maximum Gasteiger partial charge on any atom is 0.251 e. The molecule has 3 aromatic rings. The lowest BCUT2D eigenvalue weighted by Gasteiger charge is -2.05. The van der Waals surface area contributed by atoms with Crippen LogP contribution in [0.1, 0.15) is 16.2 Å². The number of carbonyl (C=O) groups is 1. The van der Waals surface area contributed by atoms with Crippen LogP contribution in [0.5, 0.6) is 0 Å². The molecule has 0 saturated heterocycles. The third-order valence-electron chi connectivity index (χ3n) is 3.18. The molecule has 2 N–H and O–H groups in total. The highest BCUT2D eigenvalue weighted by molar-refractivity contribution is 5.94. The molecule has 2 aromatic heterocycles. The largest absolute Gasteiger partial charge is 0.352 e. The Morgan fingerprint density at radius 1 is 1.32 bits per heavy atom. The molecule has 0 fully saturated rings. The third-order valence-corrected chi connectivity index (χ3v) is 3.18. The first kappa shape index (κ1) is 13.9. The van der Waals surface area contributed by atoms with Crippen LogP contribution in [0, 0.1) is 0 Å². The van der Waals surface area contributed by atoms with Crippen molar-refractivity contribution in [1.29, 1.82) is 0 Å². The van der Waals surface area contributed by atoms with Gasteiger partial charge in [-0.05, 0) is 22.6 Å². The lowest BCUT2D eigenvalue weighted by atomic mass is 10.1. The zero-order valence-corrected chi connectivity index (χ0v) is 11.9. The van der Waals surface area contributed by atoms with Crippen molar-refractivity contribution < 1.29 is 4.79 Å². The minimum atomic E-state index is -0.140. The lowest BCUT2D eigenvalue weighted by Crippen LogP contribution is -2.26. The Kier molecular flexibility index (Phi) is 3.86. The van der Waals surface area contributed by atoms with Gasteiger partial charge in [0.2, 0.25) is 0 Å². The first-order valence-electron chi connectivity index (χ1n) is 6.69. The van der Waals surface area contributed by atoms with Crippen LogP contribution < -0.4 is 5.32 Å². The SMILES string of the molecule is Cn1nnnc1CCNC(=O)c1ccc(-c2ncn[nH]2)cc1. The molecule has 0 aliphatic carbocycles. The fourth-order valence-corrected chi connectivity index (χ4v) is 1.97. The monoisotopic (exact) mass is 298 g/mol. The molecule has 0 unspecified atom stereocenters. The van der Waals surface area contributed by atoms with Crippen molar-refractivity contribution in [1.82, 2.24) is 40.7 Å². The zero-order valence-electron chi connectivity index (χ0n) is 11.9. The summed E-state index contributed by atoms with van der Waals surface area (Å²) in [5.41, 5.74) is 1.46. The minimum Gasteiger partial charge on any atom is -0.352 e. The number of amides is 1. The molecule has 0 saturated carbocycles.